The summed E-state index contributed by atoms with van der Waals surface area (Å²) >= 11 is 0. The van der Waals surface area contributed by atoms with E-state index in [4.69, 9.17) is 10.2 Å². The molecule has 0 rings (SSSR count). The van der Waals surface area contributed by atoms with E-state index in [1.807, 2.05) is 0 Å². The molecule has 0 aliphatic rings. The molecule has 0 spiro atoms. The molecule has 0 fully saturated rings. The Morgan fingerprint density at radius 3 is 1.36 bits per heavy atom. The molecular formula is C17H40ClNO3. The van der Waals surface area contributed by atoms with Gasteiger partial charge < -0.3 is 32.6 Å². The van der Waals surface area contributed by atoms with Crippen LogP contribution in [0.5, 0.6) is 0 Å². The lowest BCUT2D eigenvalue weighted by molar-refractivity contribution is -0.910. The van der Waals surface area contributed by atoms with Crippen molar-refractivity contribution in [3.63, 3.8) is 0 Å². The van der Waals surface area contributed by atoms with Gasteiger partial charge in [0.2, 0.25) is 0 Å². The van der Waals surface area contributed by atoms with E-state index >= 15 is 0 Å². The molecule has 0 atom stereocenters. The van der Waals surface area contributed by atoms with Crippen molar-refractivity contribution in [3.8, 4) is 0 Å². The summed E-state index contributed by atoms with van der Waals surface area (Å²) in [4.78, 5) is 0. The van der Waals surface area contributed by atoms with E-state index in [9.17, 15) is 0 Å². The smallest absolute Gasteiger partial charge is 0.102 e. The number of likely N-dealkylation sites (N-methyl/N-ethyl adjacent to an activating group) is 1. The number of quaternary nitrogens is 1. The summed E-state index contributed by atoms with van der Waals surface area (Å²) in [6.45, 7) is 5.30. The molecule has 0 saturated heterocycles. The normalized spacial score (nSPS) is 10.9. The average molecular weight is 342 g/mol. The fourth-order valence-electron chi connectivity index (χ4n) is 2.80. The Bertz CT molecular complexity index is 200. The highest BCUT2D eigenvalue weighted by molar-refractivity contribution is 4.48. The lowest BCUT2D eigenvalue weighted by Gasteiger charge is -2.33. The van der Waals surface area contributed by atoms with Gasteiger partial charge in [0.1, 0.15) is 13.1 Å². The molecule has 138 valence electrons. The maximum atomic E-state index is 9.09. The number of aliphatic hydroxyl groups is 2. The first kappa shape index (κ1) is 27.0. The van der Waals surface area contributed by atoms with Gasteiger partial charge in [-0.05, 0) is 12.8 Å². The molecule has 4 N–H and O–H groups in total. The van der Waals surface area contributed by atoms with Crippen molar-refractivity contribution in [2.24, 2.45) is 0 Å². The van der Waals surface area contributed by atoms with Gasteiger partial charge in [-0.15, -0.1) is 0 Å². The van der Waals surface area contributed by atoms with Gasteiger partial charge in [-0.25, -0.2) is 0 Å². The van der Waals surface area contributed by atoms with Crippen LogP contribution in [0.1, 0.15) is 71.1 Å². The van der Waals surface area contributed by atoms with Crippen LogP contribution in [0.4, 0.5) is 0 Å². The molecule has 0 heterocycles. The first-order valence-electron chi connectivity index (χ1n) is 8.74. The number of nitrogens with zero attached hydrogens (tertiary/aromatic N) is 1. The third-order valence-electron chi connectivity index (χ3n) is 4.33. The van der Waals surface area contributed by atoms with E-state index in [-0.39, 0.29) is 31.1 Å². The Labute approximate surface area is 144 Å². The largest absolute Gasteiger partial charge is 1.00 e. The molecule has 0 unspecified atom stereocenters. The third-order valence-corrected chi connectivity index (χ3v) is 4.33. The molecule has 0 aromatic rings. The van der Waals surface area contributed by atoms with E-state index < -0.39 is 0 Å². The highest BCUT2D eigenvalue weighted by Gasteiger charge is 2.19. The van der Waals surface area contributed by atoms with E-state index in [0.29, 0.717) is 0 Å². The molecule has 0 aliphatic heterocycles. The fourth-order valence-corrected chi connectivity index (χ4v) is 2.80. The van der Waals surface area contributed by atoms with E-state index in [1.165, 1.54) is 64.2 Å². The number of rotatable bonds is 15. The average Bonchev–Trinajstić information content (AvgIpc) is 2.41. The van der Waals surface area contributed by atoms with Crippen LogP contribution >= 0.6 is 0 Å². The summed E-state index contributed by atoms with van der Waals surface area (Å²) in [5, 5.41) is 18.2. The number of halogens is 1. The van der Waals surface area contributed by atoms with Gasteiger partial charge in [-0.2, -0.15) is 0 Å². The zero-order chi connectivity index (χ0) is 15.1. The van der Waals surface area contributed by atoms with Crippen LogP contribution in [-0.4, -0.2) is 60.1 Å². The molecule has 0 aromatic carbocycles. The van der Waals surface area contributed by atoms with Gasteiger partial charge in [-0.3, -0.25) is 0 Å². The minimum absolute atomic E-state index is 0. The summed E-state index contributed by atoms with van der Waals surface area (Å²) in [6, 6.07) is 0. The predicted octanol–water partition coefficient (Wildman–Crippen LogP) is -0.482. The van der Waals surface area contributed by atoms with Crippen LogP contribution < -0.4 is 12.4 Å². The summed E-state index contributed by atoms with van der Waals surface area (Å²) in [7, 11) is 2.14. The van der Waals surface area contributed by atoms with Crippen LogP contribution in [0.2, 0.25) is 0 Å². The Morgan fingerprint density at radius 1 is 0.636 bits per heavy atom. The summed E-state index contributed by atoms with van der Waals surface area (Å²) in [6.07, 6.45) is 13.6. The Kier molecular flexibility index (Phi) is 23.5. The quantitative estimate of drug-likeness (QED) is 0.312. The number of hydrogen-bond donors (Lipinski definition) is 2. The van der Waals surface area contributed by atoms with Crippen LogP contribution in [0.25, 0.3) is 0 Å². The lowest BCUT2D eigenvalue weighted by Crippen LogP contribution is -3.00. The summed E-state index contributed by atoms with van der Waals surface area (Å²) in [5.41, 5.74) is 0. The second-order valence-electron chi connectivity index (χ2n) is 6.42. The van der Waals surface area contributed by atoms with Crippen molar-refractivity contribution >= 4 is 0 Å². The van der Waals surface area contributed by atoms with E-state index in [2.05, 4.69) is 14.0 Å². The maximum absolute atomic E-state index is 9.09. The first-order chi connectivity index (χ1) is 9.68. The highest BCUT2D eigenvalue weighted by atomic mass is 35.5. The second-order valence-corrected chi connectivity index (χ2v) is 6.42. The van der Waals surface area contributed by atoms with Crippen LogP contribution in [0.3, 0.4) is 0 Å². The monoisotopic (exact) mass is 341 g/mol. The van der Waals surface area contributed by atoms with Crippen LogP contribution in [0.15, 0.2) is 0 Å². The molecule has 0 saturated carbocycles. The topological polar surface area (TPSA) is 72.0 Å². The lowest BCUT2D eigenvalue weighted by atomic mass is 10.1. The summed E-state index contributed by atoms with van der Waals surface area (Å²) in [5.74, 6) is 0. The van der Waals surface area contributed by atoms with Crippen LogP contribution in [-0.2, 0) is 0 Å². The zero-order valence-electron chi connectivity index (χ0n) is 14.8. The third kappa shape index (κ3) is 16.5. The van der Waals surface area contributed by atoms with Crippen molar-refractivity contribution in [1.29, 1.82) is 0 Å². The standard InChI is InChI=1S/C17H38NO2.ClH.H2O/c1-3-4-5-6-7-8-9-10-11-12-13-18(2,14-16-19)15-17-20;;/h19-20H,3-17H2,1-2H3;1H;1H2/q+1;;/p-1. The minimum atomic E-state index is 0. The zero-order valence-corrected chi connectivity index (χ0v) is 15.6. The molecule has 5 heteroatoms. The second kappa shape index (κ2) is 19.2. The van der Waals surface area contributed by atoms with Gasteiger partial charge in [0.15, 0.2) is 0 Å². The molecule has 22 heavy (non-hydrogen) atoms. The van der Waals surface area contributed by atoms with Crippen molar-refractivity contribution in [2.45, 2.75) is 71.1 Å². The Hall–Kier alpha value is 0.130. The minimum Gasteiger partial charge on any atom is -1.00 e. The van der Waals surface area contributed by atoms with Crippen LogP contribution in [0, 0.1) is 0 Å². The molecule has 0 aliphatic carbocycles. The maximum Gasteiger partial charge on any atom is 0.102 e. The molecule has 0 aromatic heterocycles. The molecule has 0 amide bonds. The van der Waals surface area contributed by atoms with Crippen molar-refractivity contribution in [2.75, 3.05) is 39.9 Å². The van der Waals surface area contributed by atoms with Crippen molar-refractivity contribution in [3.05, 3.63) is 0 Å². The van der Waals surface area contributed by atoms with E-state index in [0.717, 1.165) is 24.1 Å². The summed E-state index contributed by atoms with van der Waals surface area (Å²) < 4.78 is 0.810. The van der Waals surface area contributed by atoms with Gasteiger partial charge in [-0.1, -0.05) is 58.3 Å². The molecule has 0 bridgehead atoms. The van der Waals surface area contributed by atoms with Gasteiger partial charge >= 0.3 is 0 Å². The predicted molar refractivity (Wildman–Crippen MR) is 90.4 cm³/mol. The Morgan fingerprint density at radius 2 is 1.00 bits per heavy atom. The fraction of sp³-hybridized carbons (Fsp3) is 1.00. The Balaban J connectivity index is -0.00000180. The van der Waals surface area contributed by atoms with E-state index in [1.54, 1.807) is 0 Å². The van der Waals surface area contributed by atoms with Gasteiger partial charge in [0.05, 0.1) is 26.8 Å². The first-order valence-corrected chi connectivity index (χ1v) is 8.74. The molecule has 4 nitrogen and oxygen atoms in total. The van der Waals surface area contributed by atoms with Gasteiger partial charge in [0.25, 0.3) is 0 Å². The molecule has 0 radical (unpaired) electrons. The number of aliphatic hydroxyl groups excluding tert-OH is 2. The number of hydrogen-bond acceptors (Lipinski definition) is 2. The highest BCUT2D eigenvalue weighted by Crippen LogP contribution is 2.12. The van der Waals surface area contributed by atoms with Gasteiger partial charge in [0, 0.05) is 0 Å². The van der Waals surface area contributed by atoms with Crippen molar-refractivity contribution < 1.29 is 32.6 Å². The SMILES string of the molecule is CCCCCCCCCCCC[N+](C)(CCO)CCO.O.[Cl-]. The van der Waals surface area contributed by atoms with Crippen molar-refractivity contribution in [1.82, 2.24) is 0 Å². The number of unbranched alkanes of at least 4 members (excludes halogenated alkanes) is 9. The molecular weight excluding hydrogens is 302 g/mol.